The highest BCUT2D eigenvalue weighted by molar-refractivity contribution is 5.22. The van der Waals surface area contributed by atoms with Gasteiger partial charge in [-0.25, -0.2) is 0 Å². The highest BCUT2D eigenvalue weighted by Crippen LogP contribution is 2.39. The number of fused-ring (bicyclic) bond motifs is 2. The summed E-state index contributed by atoms with van der Waals surface area (Å²) in [6.07, 6.45) is 13.3. The van der Waals surface area contributed by atoms with E-state index in [0.29, 0.717) is 5.92 Å². The van der Waals surface area contributed by atoms with Crippen LogP contribution in [0.25, 0.3) is 0 Å². The minimum absolute atomic E-state index is 0.409. The Labute approximate surface area is 116 Å². The first kappa shape index (κ1) is 13.1. The van der Waals surface area contributed by atoms with Gasteiger partial charge in [0, 0.05) is 11.9 Å². The molecule has 0 bridgehead atoms. The standard InChI is InChI=1S/C17H25NO/c19-17-10-4-1-2-8-15(17)13-14-7-6-12-18-16(14)9-3-5-11-17/h6-7,12,15,19H,1-5,8-11,13H2/t15-,17+/m0/s1. The highest BCUT2D eigenvalue weighted by atomic mass is 16.3. The van der Waals surface area contributed by atoms with Crippen molar-refractivity contribution >= 4 is 0 Å². The van der Waals surface area contributed by atoms with E-state index in [1.807, 2.05) is 12.3 Å². The maximum atomic E-state index is 11.1. The van der Waals surface area contributed by atoms with E-state index in [0.717, 1.165) is 32.1 Å². The average molecular weight is 259 g/mol. The van der Waals surface area contributed by atoms with Crippen molar-refractivity contribution < 1.29 is 5.11 Å². The zero-order valence-electron chi connectivity index (χ0n) is 11.8. The summed E-state index contributed by atoms with van der Waals surface area (Å²) in [6.45, 7) is 0. The number of aromatic nitrogens is 1. The molecule has 0 radical (unpaired) electrons. The molecule has 2 aliphatic rings. The summed E-state index contributed by atoms with van der Waals surface area (Å²) in [7, 11) is 0. The average Bonchev–Trinajstić information content (AvgIpc) is 2.56. The lowest BCUT2D eigenvalue weighted by atomic mass is 9.77. The fourth-order valence-corrected chi connectivity index (χ4v) is 3.96. The monoisotopic (exact) mass is 259 g/mol. The normalized spacial score (nSPS) is 32.2. The van der Waals surface area contributed by atoms with E-state index in [1.165, 1.54) is 43.4 Å². The van der Waals surface area contributed by atoms with Gasteiger partial charge in [-0.05, 0) is 56.1 Å². The molecule has 3 rings (SSSR count). The van der Waals surface area contributed by atoms with Gasteiger partial charge >= 0.3 is 0 Å². The molecule has 0 amide bonds. The van der Waals surface area contributed by atoms with Crippen molar-refractivity contribution in [3.63, 3.8) is 0 Å². The third kappa shape index (κ3) is 2.84. The van der Waals surface area contributed by atoms with Gasteiger partial charge in [-0.3, -0.25) is 4.98 Å². The lowest BCUT2D eigenvalue weighted by Crippen LogP contribution is -2.38. The molecule has 1 aromatic heterocycles. The molecular weight excluding hydrogens is 234 g/mol. The van der Waals surface area contributed by atoms with E-state index in [9.17, 15) is 5.11 Å². The molecule has 0 unspecified atom stereocenters. The fourth-order valence-electron chi connectivity index (χ4n) is 3.96. The molecule has 104 valence electrons. The molecule has 2 atom stereocenters. The highest BCUT2D eigenvalue weighted by Gasteiger charge is 2.37. The lowest BCUT2D eigenvalue weighted by Gasteiger charge is -2.35. The Bertz CT molecular complexity index is 431. The van der Waals surface area contributed by atoms with Gasteiger partial charge < -0.3 is 5.11 Å². The first-order chi connectivity index (χ1) is 9.28. The van der Waals surface area contributed by atoms with Crippen molar-refractivity contribution in [1.82, 2.24) is 4.98 Å². The van der Waals surface area contributed by atoms with E-state index >= 15 is 0 Å². The van der Waals surface area contributed by atoms with Crippen LogP contribution in [0.1, 0.15) is 62.6 Å². The molecule has 1 aromatic rings. The van der Waals surface area contributed by atoms with Crippen LogP contribution < -0.4 is 0 Å². The van der Waals surface area contributed by atoms with Crippen LogP contribution in [0, 0.1) is 5.92 Å². The molecule has 1 fully saturated rings. The summed E-state index contributed by atoms with van der Waals surface area (Å²) in [5.74, 6) is 0.441. The van der Waals surface area contributed by atoms with Crippen LogP contribution in [0.2, 0.25) is 0 Å². The zero-order chi connectivity index (χ0) is 13.1. The summed E-state index contributed by atoms with van der Waals surface area (Å²) in [4.78, 5) is 4.56. The molecule has 1 N–H and O–H groups in total. The number of nitrogens with zero attached hydrogens (tertiary/aromatic N) is 1. The van der Waals surface area contributed by atoms with Crippen LogP contribution in [0.4, 0.5) is 0 Å². The molecule has 0 aromatic carbocycles. The fraction of sp³-hybridized carbons (Fsp3) is 0.706. The van der Waals surface area contributed by atoms with Crippen molar-refractivity contribution in [2.45, 2.75) is 69.8 Å². The second-order valence-corrected chi connectivity index (χ2v) is 6.42. The quantitative estimate of drug-likeness (QED) is 0.771. The molecule has 0 saturated heterocycles. The van der Waals surface area contributed by atoms with Gasteiger partial charge in [0.1, 0.15) is 0 Å². The van der Waals surface area contributed by atoms with E-state index in [2.05, 4.69) is 11.1 Å². The first-order valence-electron chi connectivity index (χ1n) is 7.93. The van der Waals surface area contributed by atoms with Crippen LogP contribution in [0.3, 0.4) is 0 Å². The van der Waals surface area contributed by atoms with Gasteiger partial charge in [-0.15, -0.1) is 0 Å². The SMILES string of the molecule is O[C@@]12CCCCC[C@H]1Cc1cccnc1CCCC2. The summed E-state index contributed by atoms with van der Waals surface area (Å²) in [6, 6.07) is 4.27. The number of hydrogen-bond donors (Lipinski definition) is 1. The third-order valence-corrected chi connectivity index (χ3v) is 5.15. The van der Waals surface area contributed by atoms with Gasteiger partial charge in [0.15, 0.2) is 0 Å². The summed E-state index contributed by atoms with van der Waals surface area (Å²) in [5.41, 5.74) is 2.25. The van der Waals surface area contributed by atoms with Crippen molar-refractivity contribution in [3.05, 3.63) is 29.6 Å². The Morgan fingerprint density at radius 1 is 1.11 bits per heavy atom. The van der Waals surface area contributed by atoms with Crippen LogP contribution in [0.15, 0.2) is 18.3 Å². The zero-order valence-corrected chi connectivity index (χ0v) is 11.8. The second kappa shape index (κ2) is 5.62. The number of hydrogen-bond acceptors (Lipinski definition) is 2. The van der Waals surface area contributed by atoms with Crippen molar-refractivity contribution in [2.24, 2.45) is 5.92 Å². The van der Waals surface area contributed by atoms with Crippen LogP contribution in [-0.4, -0.2) is 15.7 Å². The molecular formula is C17H25NO. The Morgan fingerprint density at radius 2 is 1.95 bits per heavy atom. The van der Waals surface area contributed by atoms with E-state index in [4.69, 9.17) is 0 Å². The minimum Gasteiger partial charge on any atom is -0.390 e. The summed E-state index contributed by atoms with van der Waals surface area (Å²) >= 11 is 0. The van der Waals surface area contributed by atoms with Gasteiger partial charge in [0.2, 0.25) is 0 Å². The Morgan fingerprint density at radius 3 is 2.84 bits per heavy atom. The molecule has 1 heterocycles. The Kier molecular flexibility index (Phi) is 3.88. The number of pyridine rings is 1. The maximum Gasteiger partial charge on any atom is 0.0679 e. The van der Waals surface area contributed by atoms with Crippen molar-refractivity contribution in [3.8, 4) is 0 Å². The predicted octanol–water partition coefficient (Wildman–Crippen LogP) is 3.66. The van der Waals surface area contributed by atoms with Gasteiger partial charge in [0.05, 0.1) is 5.60 Å². The second-order valence-electron chi connectivity index (χ2n) is 6.42. The van der Waals surface area contributed by atoms with E-state index < -0.39 is 5.60 Å². The first-order valence-corrected chi connectivity index (χ1v) is 7.93. The van der Waals surface area contributed by atoms with Gasteiger partial charge in [-0.2, -0.15) is 0 Å². The molecule has 19 heavy (non-hydrogen) atoms. The maximum absolute atomic E-state index is 11.1. The predicted molar refractivity (Wildman–Crippen MR) is 77.0 cm³/mol. The van der Waals surface area contributed by atoms with E-state index in [1.54, 1.807) is 0 Å². The lowest BCUT2D eigenvalue weighted by molar-refractivity contribution is -0.0334. The number of aryl methyl sites for hydroxylation is 1. The van der Waals surface area contributed by atoms with Crippen LogP contribution >= 0.6 is 0 Å². The molecule has 1 saturated carbocycles. The minimum atomic E-state index is -0.409. The Hall–Kier alpha value is -0.890. The van der Waals surface area contributed by atoms with Crippen molar-refractivity contribution in [1.29, 1.82) is 0 Å². The van der Waals surface area contributed by atoms with E-state index in [-0.39, 0.29) is 0 Å². The molecule has 0 aliphatic heterocycles. The smallest absolute Gasteiger partial charge is 0.0679 e. The van der Waals surface area contributed by atoms with Gasteiger partial charge in [-0.1, -0.05) is 31.7 Å². The summed E-state index contributed by atoms with van der Waals surface area (Å²) in [5, 5.41) is 11.1. The Balaban J connectivity index is 1.91. The third-order valence-electron chi connectivity index (χ3n) is 5.15. The largest absolute Gasteiger partial charge is 0.390 e. The van der Waals surface area contributed by atoms with Crippen LogP contribution in [0.5, 0.6) is 0 Å². The van der Waals surface area contributed by atoms with Crippen LogP contribution in [-0.2, 0) is 12.8 Å². The molecule has 2 heteroatoms. The molecule has 0 spiro atoms. The van der Waals surface area contributed by atoms with Gasteiger partial charge in [0.25, 0.3) is 0 Å². The molecule has 2 aliphatic carbocycles. The number of rotatable bonds is 0. The molecule has 2 nitrogen and oxygen atoms in total. The number of aliphatic hydroxyl groups is 1. The topological polar surface area (TPSA) is 33.1 Å². The van der Waals surface area contributed by atoms with Crippen molar-refractivity contribution in [2.75, 3.05) is 0 Å². The summed E-state index contributed by atoms with van der Waals surface area (Å²) < 4.78 is 0.